The SMILES string of the molecule is CNC(=O)c1cc2c(s1)CCN(C(=O)CCc1n[nH]c3c1CCCC3)C2. The van der Waals surface area contributed by atoms with Crippen LogP contribution in [-0.4, -0.2) is 40.5 Å². The molecule has 1 aliphatic carbocycles. The number of rotatable bonds is 4. The molecule has 0 saturated heterocycles. The number of fused-ring (bicyclic) bond motifs is 2. The van der Waals surface area contributed by atoms with Crippen LogP contribution < -0.4 is 5.32 Å². The Kier molecular flexibility index (Phi) is 4.80. The summed E-state index contributed by atoms with van der Waals surface area (Å²) >= 11 is 1.54. The van der Waals surface area contributed by atoms with Crippen LogP contribution in [0.2, 0.25) is 0 Å². The maximum absolute atomic E-state index is 12.7. The number of aryl methyl sites for hydroxylation is 2. The first-order valence-corrected chi connectivity index (χ1v) is 10.1. The fourth-order valence-corrected chi connectivity index (χ4v) is 5.03. The molecule has 2 aliphatic rings. The van der Waals surface area contributed by atoms with Gasteiger partial charge in [0, 0.05) is 43.5 Å². The standard InChI is InChI=1S/C19H24N4O2S/c1-20-19(25)17-10-12-11-23(9-8-16(12)26-17)18(24)7-6-15-13-4-2-3-5-14(13)21-22-15/h10H,2-9,11H2,1H3,(H,20,25)(H,21,22). The lowest BCUT2D eigenvalue weighted by atomic mass is 9.94. The third-order valence-corrected chi connectivity index (χ3v) is 6.62. The van der Waals surface area contributed by atoms with Crippen molar-refractivity contribution in [3.8, 4) is 0 Å². The zero-order chi connectivity index (χ0) is 18.1. The average molecular weight is 372 g/mol. The molecule has 0 saturated carbocycles. The van der Waals surface area contributed by atoms with E-state index in [4.69, 9.17) is 0 Å². The van der Waals surface area contributed by atoms with Crippen molar-refractivity contribution in [1.29, 1.82) is 0 Å². The van der Waals surface area contributed by atoms with Crippen molar-refractivity contribution in [3.05, 3.63) is 38.3 Å². The lowest BCUT2D eigenvalue weighted by molar-refractivity contribution is -0.132. The molecule has 0 fully saturated rings. The molecule has 1 aliphatic heterocycles. The fourth-order valence-electron chi connectivity index (χ4n) is 3.92. The minimum Gasteiger partial charge on any atom is -0.354 e. The second-order valence-corrected chi connectivity index (χ2v) is 8.17. The fraction of sp³-hybridized carbons (Fsp3) is 0.526. The third-order valence-electron chi connectivity index (χ3n) is 5.39. The van der Waals surface area contributed by atoms with Gasteiger partial charge in [-0.05, 0) is 49.3 Å². The number of hydrogen-bond acceptors (Lipinski definition) is 4. The van der Waals surface area contributed by atoms with Gasteiger partial charge in [-0.2, -0.15) is 5.10 Å². The van der Waals surface area contributed by atoms with E-state index in [0.29, 0.717) is 19.4 Å². The molecule has 6 nitrogen and oxygen atoms in total. The van der Waals surface area contributed by atoms with Gasteiger partial charge in [0.25, 0.3) is 5.91 Å². The van der Waals surface area contributed by atoms with E-state index in [1.165, 1.54) is 29.0 Å². The Morgan fingerprint density at radius 3 is 3.00 bits per heavy atom. The predicted molar refractivity (Wildman–Crippen MR) is 100 cm³/mol. The number of carbonyl (C=O) groups is 2. The van der Waals surface area contributed by atoms with E-state index >= 15 is 0 Å². The van der Waals surface area contributed by atoms with Crippen molar-refractivity contribution >= 4 is 23.2 Å². The van der Waals surface area contributed by atoms with Gasteiger partial charge in [0.2, 0.25) is 5.91 Å². The van der Waals surface area contributed by atoms with Crippen LogP contribution in [0.4, 0.5) is 0 Å². The maximum atomic E-state index is 12.7. The van der Waals surface area contributed by atoms with Gasteiger partial charge in [-0.1, -0.05) is 0 Å². The van der Waals surface area contributed by atoms with Gasteiger partial charge >= 0.3 is 0 Å². The monoisotopic (exact) mass is 372 g/mol. The molecule has 0 bridgehead atoms. The van der Waals surface area contributed by atoms with E-state index in [9.17, 15) is 9.59 Å². The van der Waals surface area contributed by atoms with Gasteiger partial charge < -0.3 is 10.2 Å². The lowest BCUT2D eigenvalue weighted by Gasteiger charge is -2.27. The number of carbonyl (C=O) groups excluding carboxylic acids is 2. The molecule has 3 heterocycles. The van der Waals surface area contributed by atoms with Crippen LogP contribution in [0.1, 0.15) is 56.3 Å². The molecule has 2 aromatic heterocycles. The quantitative estimate of drug-likeness (QED) is 0.864. The predicted octanol–water partition coefficient (Wildman–Crippen LogP) is 2.23. The van der Waals surface area contributed by atoms with E-state index in [2.05, 4.69) is 15.5 Å². The summed E-state index contributed by atoms with van der Waals surface area (Å²) in [6.45, 7) is 1.35. The van der Waals surface area contributed by atoms with Gasteiger partial charge in [-0.25, -0.2) is 0 Å². The number of amides is 2. The molecule has 0 spiro atoms. The summed E-state index contributed by atoms with van der Waals surface area (Å²) in [6, 6.07) is 1.93. The third kappa shape index (κ3) is 3.28. The Hall–Kier alpha value is -2.15. The van der Waals surface area contributed by atoms with Crippen LogP contribution in [0.25, 0.3) is 0 Å². The van der Waals surface area contributed by atoms with Crippen LogP contribution in [0.5, 0.6) is 0 Å². The molecule has 2 amide bonds. The summed E-state index contributed by atoms with van der Waals surface area (Å²) in [4.78, 5) is 28.4. The smallest absolute Gasteiger partial charge is 0.261 e. The van der Waals surface area contributed by atoms with Crippen LogP contribution in [0.3, 0.4) is 0 Å². The molecule has 138 valence electrons. The summed E-state index contributed by atoms with van der Waals surface area (Å²) in [5.41, 5.74) is 4.80. The summed E-state index contributed by atoms with van der Waals surface area (Å²) in [6.07, 6.45) is 6.65. The molecular formula is C19H24N4O2S. The number of nitrogens with zero attached hydrogens (tertiary/aromatic N) is 2. The molecule has 7 heteroatoms. The number of hydrogen-bond donors (Lipinski definition) is 2. The Balaban J connectivity index is 1.38. The zero-order valence-electron chi connectivity index (χ0n) is 15.1. The first-order valence-electron chi connectivity index (χ1n) is 9.32. The second kappa shape index (κ2) is 7.23. The Morgan fingerprint density at radius 1 is 1.31 bits per heavy atom. The molecule has 2 aromatic rings. The number of nitrogens with one attached hydrogen (secondary N) is 2. The molecule has 2 N–H and O–H groups in total. The zero-order valence-corrected chi connectivity index (χ0v) is 15.9. The number of aromatic amines is 1. The van der Waals surface area contributed by atoms with E-state index in [0.717, 1.165) is 41.9 Å². The molecule has 0 aromatic carbocycles. The first-order chi connectivity index (χ1) is 12.7. The Labute approximate surface area is 157 Å². The van der Waals surface area contributed by atoms with Crippen molar-refractivity contribution in [3.63, 3.8) is 0 Å². The Bertz CT molecular complexity index is 839. The summed E-state index contributed by atoms with van der Waals surface area (Å²) in [5, 5.41) is 10.3. The Morgan fingerprint density at radius 2 is 2.15 bits per heavy atom. The van der Waals surface area contributed by atoms with Crippen molar-refractivity contribution in [2.45, 2.75) is 51.5 Å². The van der Waals surface area contributed by atoms with E-state index < -0.39 is 0 Å². The van der Waals surface area contributed by atoms with Crippen LogP contribution in [-0.2, 0) is 37.0 Å². The molecule has 26 heavy (non-hydrogen) atoms. The largest absolute Gasteiger partial charge is 0.354 e. The van der Waals surface area contributed by atoms with Gasteiger partial charge in [0.15, 0.2) is 0 Å². The minimum atomic E-state index is -0.0504. The highest BCUT2D eigenvalue weighted by atomic mass is 32.1. The van der Waals surface area contributed by atoms with Gasteiger partial charge in [-0.3, -0.25) is 14.7 Å². The number of thiophene rings is 1. The maximum Gasteiger partial charge on any atom is 0.261 e. The molecule has 0 unspecified atom stereocenters. The summed E-state index contributed by atoms with van der Waals surface area (Å²) in [7, 11) is 1.64. The van der Waals surface area contributed by atoms with Gasteiger partial charge in [-0.15, -0.1) is 11.3 Å². The van der Waals surface area contributed by atoms with E-state index in [1.807, 2.05) is 11.0 Å². The van der Waals surface area contributed by atoms with Crippen molar-refractivity contribution in [2.24, 2.45) is 0 Å². The van der Waals surface area contributed by atoms with Crippen molar-refractivity contribution < 1.29 is 9.59 Å². The van der Waals surface area contributed by atoms with E-state index in [1.54, 1.807) is 18.4 Å². The van der Waals surface area contributed by atoms with Crippen molar-refractivity contribution in [1.82, 2.24) is 20.4 Å². The molecule has 0 atom stereocenters. The lowest BCUT2D eigenvalue weighted by Crippen LogP contribution is -2.35. The second-order valence-electron chi connectivity index (χ2n) is 7.04. The minimum absolute atomic E-state index is 0.0504. The van der Waals surface area contributed by atoms with Crippen LogP contribution >= 0.6 is 11.3 Å². The molecular weight excluding hydrogens is 348 g/mol. The molecule has 0 radical (unpaired) electrons. The first kappa shape index (κ1) is 17.3. The van der Waals surface area contributed by atoms with Crippen LogP contribution in [0.15, 0.2) is 6.07 Å². The average Bonchev–Trinajstić information content (AvgIpc) is 3.28. The summed E-state index contributed by atoms with van der Waals surface area (Å²) in [5.74, 6) is 0.126. The van der Waals surface area contributed by atoms with Gasteiger partial charge in [0.1, 0.15) is 0 Å². The van der Waals surface area contributed by atoms with Gasteiger partial charge in [0.05, 0.1) is 10.6 Å². The summed E-state index contributed by atoms with van der Waals surface area (Å²) < 4.78 is 0. The highest BCUT2D eigenvalue weighted by Gasteiger charge is 2.25. The molecule has 4 rings (SSSR count). The number of aromatic nitrogens is 2. The highest BCUT2D eigenvalue weighted by Crippen LogP contribution is 2.29. The van der Waals surface area contributed by atoms with E-state index in [-0.39, 0.29) is 11.8 Å². The van der Waals surface area contributed by atoms with Crippen LogP contribution in [0, 0.1) is 0 Å². The number of H-pyrrole nitrogens is 1. The highest BCUT2D eigenvalue weighted by molar-refractivity contribution is 7.14. The topological polar surface area (TPSA) is 78.1 Å². The van der Waals surface area contributed by atoms with Crippen molar-refractivity contribution in [2.75, 3.05) is 13.6 Å². The normalized spacial score (nSPS) is 16.1.